The molecule has 1 spiro atoms. The molecule has 3 aliphatic rings. The highest BCUT2D eigenvalue weighted by molar-refractivity contribution is 7.45. The first-order valence-corrected chi connectivity index (χ1v) is 15.3. The zero-order valence-corrected chi connectivity index (χ0v) is 25.9. The second-order valence-corrected chi connectivity index (χ2v) is 15.0. The van der Waals surface area contributed by atoms with Crippen LogP contribution in [0.15, 0.2) is 72.8 Å². The molecule has 0 amide bonds. The van der Waals surface area contributed by atoms with Crippen LogP contribution in [0.1, 0.15) is 74.9 Å². The fourth-order valence-corrected chi connectivity index (χ4v) is 7.55. The van der Waals surface area contributed by atoms with Crippen molar-refractivity contribution in [2.24, 2.45) is 0 Å². The van der Waals surface area contributed by atoms with Crippen molar-refractivity contribution >= 4 is 8.53 Å². The van der Waals surface area contributed by atoms with E-state index in [-0.39, 0.29) is 10.8 Å². The summed E-state index contributed by atoms with van der Waals surface area (Å²) in [7, 11) is 2.51. The quantitative estimate of drug-likeness (QED) is 0.186. The van der Waals surface area contributed by atoms with Crippen LogP contribution in [0.4, 0.5) is 0 Å². The van der Waals surface area contributed by atoms with Crippen molar-refractivity contribution in [1.29, 1.82) is 0 Å². The minimum atomic E-state index is -1.51. The molecule has 0 atom stereocenters. The summed E-state index contributed by atoms with van der Waals surface area (Å²) in [6.45, 7) is 13.4. The maximum atomic E-state index is 7.10. The van der Waals surface area contributed by atoms with Gasteiger partial charge in [0.05, 0.1) is 16.5 Å². The summed E-state index contributed by atoms with van der Waals surface area (Å²) in [6.07, 6.45) is 0. The molecule has 0 radical (unpaired) electrons. The molecule has 0 aromatic heterocycles. The van der Waals surface area contributed by atoms with Gasteiger partial charge in [-0.1, -0.05) is 90.1 Å². The van der Waals surface area contributed by atoms with Crippen LogP contribution in [0.25, 0.3) is 0 Å². The monoisotopic (exact) mass is 565 g/mol. The second-order valence-electron chi connectivity index (χ2n) is 13.3. The van der Waals surface area contributed by atoms with Gasteiger partial charge in [0.1, 0.15) is 34.5 Å². The first kappa shape index (κ1) is 26.4. The molecular formula is C35H36NO4P. The molecule has 0 fully saturated rings. The Balaban J connectivity index is 1.76. The van der Waals surface area contributed by atoms with Crippen LogP contribution >= 0.6 is 8.53 Å². The average molecular weight is 566 g/mol. The summed E-state index contributed by atoms with van der Waals surface area (Å²) in [5.41, 5.74) is 5.14. The van der Waals surface area contributed by atoms with E-state index in [1.54, 1.807) is 0 Å². The lowest BCUT2D eigenvalue weighted by molar-refractivity contribution is 0.351. The van der Waals surface area contributed by atoms with Crippen LogP contribution in [0, 0.1) is 0 Å². The first-order chi connectivity index (χ1) is 19.4. The van der Waals surface area contributed by atoms with Crippen LogP contribution in [0.2, 0.25) is 0 Å². The molecule has 0 unspecified atom stereocenters. The largest absolute Gasteiger partial charge is 0.457 e. The molecule has 0 saturated heterocycles. The zero-order valence-electron chi connectivity index (χ0n) is 25.0. The Hall–Kier alpha value is -3.53. The number of para-hydroxylation sites is 2. The first-order valence-electron chi connectivity index (χ1n) is 14.2. The highest BCUT2D eigenvalue weighted by atomic mass is 31.2. The van der Waals surface area contributed by atoms with E-state index in [4.69, 9.17) is 18.5 Å². The number of fused-ring (bicyclic) bond motifs is 2. The highest BCUT2D eigenvalue weighted by Gasteiger charge is 2.56. The Kier molecular flexibility index (Phi) is 5.62. The molecule has 0 aliphatic carbocycles. The standard InChI is InChI=1S/C35H36NO4P/c1-33(2,3)23-17-19-27-29-31(23)39-41(36(7)8)40-32-24(34(4,5)6)18-20-28-30(32)35(29,21-13-9-11-15-25(21)37-27)22-14-10-12-16-26(22)38-28/h9-20H,1-8H3. The second kappa shape index (κ2) is 8.74. The minimum absolute atomic E-state index is 0.196. The summed E-state index contributed by atoms with van der Waals surface area (Å²) >= 11 is 0. The molecule has 4 aromatic carbocycles. The molecular weight excluding hydrogens is 529 g/mol. The third-order valence-electron chi connectivity index (χ3n) is 8.29. The lowest BCUT2D eigenvalue weighted by atomic mass is 9.60. The van der Waals surface area contributed by atoms with Gasteiger partial charge in [-0.25, -0.2) is 4.67 Å². The predicted octanol–water partition coefficient (Wildman–Crippen LogP) is 9.44. The van der Waals surface area contributed by atoms with Crippen LogP contribution in [0.3, 0.4) is 0 Å². The van der Waals surface area contributed by atoms with Gasteiger partial charge in [0.2, 0.25) is 0 Å². The number of rotatable bonds is 1. The predicted molar refractivity (Wildman–Crippen MR) is 164 cm³/mol. The van der Waals surface area contributed by atoms with Crippen LogP contribution in [-0.2, 0) is 16.2 Å². The van der Waals surface area contributed by atoms with Crippen molar-refractivity contribution in [1.82, 2.24) is 4.67 Å². The minimum Gasteiger partial charge on any atom is -0.457 e. The van der Waals surface area contributed by atoms with Gasteiger partial charge in [0, 0.05) is 22.3 Å². The molecule has 210 valence electrons. The molecule has 3 heterocycles. The van der Waals surface area contributed by atoms with Gasteiger partial charge in [-0.05, 0) is 49.2 Å². The molecule has 7 rings (SSSR count). The van der Waals surface area contributed by atoms with Gasteiger partial charge < -0.3 is 18.5 Å². The van der Waals surface area contributed by atoms with E-state index in [2.05, 4.69) is 102 Å². The molecule has 0 bridgehead atoms. The van der Waals surface area contributed by atoms with Gasteiger partial charge in [-0.3, -0.25) is 0 Å². The van der Waals surface area contributed by atoms with E-state index in [9.17, 15) is 0 Å². The average Bonchev–Trinajstić information content (AvgIpc) is 2.90. The fraction of sp³-hybridized carbons (Fsp3) is 0.314. The van der Waals surface area contributed by atoms with Crippen molar-refractivity contribution in [2.45, 2.75) is 57.8 Å². The van der Waals surface area contributed by atoms with Crippen molar-refractivity contribution < 1.29 is 18.5 Å². The van der Waals surface area contributed by atoms with Gasteiger partial charge in [0.15, 0.2) is 0 Å². The van der Waals surface area contributed by atoms with E-state index in [1.807, 2.05) is 30.9 Å². The van der Waals surface area contributed by atoms with Crippen molar-refractivity contribution in [3.05, 3.63) is 106 Å². The van der Waals surface area contributed by atoms with E-state index in [1.165, 1.54) is 0 Å². The smallest absolute Gasteiger partial charge is 0.384 e. The Bertz CT molecular complexity index is 1590. The molecule has 0 N–H and O–H groups in total. The molecule has 0 saturated carbocycles. The number of ether oxygens (including phenoxy) is 2. The lowest BCUT2D eigenvalue weighted by Gasteiger charge is -2.48. The third kappa shape index (κ3) is 3.68. The maximum Gasteiger partial charge on any atom is 0.384 e. The van der Waals surface area contributed by atoms with E-state index >= 15 is 0 Å². The number of nitrogens with zero attached hydrogens (tertiary/aromatic N) is 1. The summed E-state index contributed by atoms with van der Waals surface area (Å²) < 4.78 is 29.7. The Labute approximate surface area is 244 Å². The summed E-state index contributed by atoms with van der Waals surface area (Å²) in [4.78, 5) is 0. The Morgan fingerprint density at radius 1 is 0.561 bits per heavy atom. The SMILES string of the molecule is CN(C)P1Oc2c(C(C)(C)C)ccc3c2C2(c4ccccc4O3)c3ccccc3Oc3ccc(C(C)(C)C)c(c32)O1. The summed E-state index contributed by atoms with van der Waals surface area (Å²) in [6, 6.07) is 25.3. The Morgan fingerprint density at radius 3 is 1.37 bits per heavy atom. The lowest BCUT2D eigenvalue weighted by Crippen LogP contribution is -2.39. The van der Waals surface area contributed by atoms with Gasteiger partial charge >= 0.3 is 8.53 Å². The van der Waals surface area contributed by atoms with E-state index in [0.717, 1.165) is 67.9 Å². The molecule has 5 nitrogen and oxygen atoms in total. The number of benzene rings is 4. The van der Waals surface area contributed by atoms with Crippen LogP contribution < -0.4 is 18.5 Å². The summed E-state index contributed by atoms with van der Waals surface area (Å²) in [5.74, 6) is 4.85. The molecule has 41 heavy (non-hydrogen) atoms. The summed E-state index contributed by atoms with van der Waals surface area (Å²) in [5, 5.41) is 0. The fourth-order valence-electron chi connectivity index (χ4n) is 6.50. The Morgan fingerprint density at radius 2 is 0.976 bits per heavy atom. The highest BCUT2D eigenvalue weighted by Crippen LogP contribution is 2.69. The number of hydrogen-bond acceptors (Lipinski definition) is 5. The molecule has 3 aliphatic heterocycles. The van der Waals surface area contributed by atoms with Crippen molar-refractivity contribution in [2.75, 3.05) is 14.1 Å². The van der Waals surface area contributed by atoms with Crippen molar-refractivity contribution in [3.8, 4) is 34.5 Å². The van der Waals surface area contributed by atoms with Gasteiger partial charge in [0.25, 0.3) is 0 Å². The van der Waals surface area contributed by atoms with Gasteiger partial charge in [-0.15, -0.1) is 0 Å². The normalized spacial score (nSPS) is 16.4. The third-order valence-corrected chi connectivity index (χ3v) is 9.62. The topological polar surface area (TPSA) is 40.2 Å². The molecule has 4 aromatic rings. The molecule has 6 heteroatoms. The van der Waals surface area contributed by atoms with Crippen molar-refractivity contribution in [3.63, 3.8) is 0 Å². The number of hydrogen-bond donors (Lipinski definition) is 0. The van der Waals surface area contributed by atoms with E-state index < -0.39 is 13.9 Å². The van der Waals surface area contributed by atoms with E-state index in [0.29, 0.717) is 0 Å². The zero-order chi connectivity index (χ0) is 28.9. The van der Waals surface area contributed by atoms with Crippen LogP contribution in [0.5, 0.6) is 34.5 Å². The van der Waals surface area contributed by atoms with Gasteiger partial charge in [-0.2, -0.15) is 0 Å². The maximum absolute atomic E-state index is 7.10. The van der Waals surface area contributed by atoms with Crippen LogP contribution in [-0.4, -0.2) is 18.8 Å².